The molecule has 0 spiro atoms. The second kappa shape index (κ2) is 6.56. The second-order valence-corrected chi connectivity index (χ2v) is 2.98. The van der Waals surface area contributed by atoms with Gasteiger partial charge in [0, 0.05) is 12.3 Å². The summed E-state index contributed by atoms with van der Waals surface area (Å²) in [4.78, 5) is 0. The first-order chi connectivity index (χ1) is 4.92. The topological polar surface area (TPSA) is 0 Å². The van der Waals surface area contributed by atoms with E-state index < -0.39 is 11.8 Å². The minimum absolute atomic E-state index is 0.0509. The Hall–Kier alpha value is -0.140. The Kier molecular flexibility index (Phi) is 8.02. The molecule has 0 atom stereocenters. The Bertz CT molecular complexity index is 77.6. The summed E-state index contributed by atoms with van der Waals surface area (Å²) >= 11 is 0. The molecule has 0 bridgehead atoms. The van der Waals surface area contributed by atoms with Gasteiger partial charge in [-0.2, -0.15) is 0 Å². The van der Waals surface area contributed by atoms with Crippen LogP contribution in [0.25, 0.3) is 0 Å². The van der Waals surface area contributed by atoms with Crippen LogP contribution in [-0.4, -0.2) is 5.92 Å². The van der Waals surface area contributed by atoms with Crippen LogP contribution in [0, 0.1) is 5.92 Å². The maximum absolute atomic E-state index is 12.3. The van der Waals surface area contributed by atoms with Crippen LogP contribution in [0.15, 0.2) is 0 Å². The lowest BCUT2D eigenvalue weighted by Crippen LogP contribution is -2.21. The van der Waals surface area contributed by atoms with Crippen molar-refractivity contribution < 1.29 is 8.78 Å². The van der Waals surface area contributed by atoms with Gasteiger partial charge in [0.1, 0.15) is 0 Å². The Morgan fingerprint density at radius 3 is 1.36 bits per heavy atom. The molecule has 0 saturated heterocycles. The van der Waals surface area contributed by atoms with Gasteiger partial charge in [0.05, 0.1) is 0 Å². The summed E-state index contributed by atoms with van der Waals surface area (Å²) < 4.78 is 24.6. The highest BCUT2D eigenvalue weighted by Gasteiger charge is 2.29. The summed E-state index contributed by atoms with van der Waals surface area (Å²) in [6, 6.07) is 0. The molecule has 0 rings (SSSR count). The smallest absolute Gasteiger partial charge is 0.207 e. The molecule has 0 aromatic carbocycles. The van der Waals surface area contributed by atoms with Gasteiger partial charge in [-0.15, -0.1) is 0 Å². The fourth-order valence-electron chi connectivity index (χ4n) is 0.408. The van der Waals surface area contributed by atoms with E-state index in [9.17, 15) is 8.78 Å². The van der Waals surface area contributed by atoms with Gasteiger partial charge in [-0.05, 0) is 0 Å². The van der Waals surface area contributed by atoms with E-state index in [4.69, 9.17) is 0 Å². The van der Waals surface area contributed by atoms with E-state index in [1.807, 2.05) is 0 Å². The minimum Gasteiger partial charge on any atom is -0.207 e. The van der Waals surface area contributed by atoms with Gasteiger partial charge >= 0.3 is 0 Å². The number of halogens is 2. The third kappa shape index (κ3) is 7.76. The molecule has 0 heterocycles. The molecule has 0 unspecified atom stereocenters. The normalized spacial score (nSPS) is 10.9. The van der Waals surface area contributed by atoms with Crippen molar-refractivity contribution in [3.8, 4) is 0 Å². The minimum atomic E-state index is -2.46. The van der Waals surface area contributed by atoms with Gasteiger partial charge in [-0.1, -0.05) is 41.0 Å². The fraction of sp³-hybridized carbons (Fsp3) is 1.00. The predicted octanol–water partition coefficient (Wildman–Crippen LogP) is 4.10. The first kappa shape index (κ1) is 13.4. The summed E-state index contributed by atoms with van der Waals surface area (Å²) in [6.07, 6.45) is 1.20. The highest BCUT2D eigenvalue weighted by atomic mass is 19.3. The summed E-state index contributed by atoms with van der Waals surface area (Å²) in [5.41, 5.74) is 0. The molecule has 0 aliphatic heterocycles. The van der Waals surface area contributed by atoms with Gasteiger partial charge in [-0.25, -0.2) is 8.78 Å². The van der Waals surface area contributed by atoms with Crippen LogP contribution in [-0.2, 0) is 0 Å². The van der Waals surface area contributed by atoms with Crippen molar-refractivity contribution in [3.05, 3.63) is 0 Å². The van der Waals surface area contributed by atoms with E-state index in [-0.39, 0.29) is 6.42 Å². The maximum Gasteiger partial charge on any atom is 0.250 e. The highest BCUT2D eigenvalue weighted by Crippen LogP contribution is 2.26. The molecule has 0 aliphatic rings. The van der Waals surface area contributed by atoms with Gasteiger partial charge in [0.15, 0.2) is 0 Å². The van der Waals surface area contributed by atoms with Crippen molar-refractivity contribution in [1.82, 2.24) is 0 Å². The van der Waals surface area contributed by atoms with Crippen LogP contribution in [0.3, 0.4) is 0 Å². The van der Waals surface area contributed by atoms with Crippen molar-refractivity contribution in [3.63, 3.8) is 0 Å². The average molecular weight is 166 g/mol. The first-order valence-electron chi connectivity index (χ1n) is 4.30. The van der Waals surface area contributed by atoms with Crippen LogP contribution in [0.5, 0.6) is 0 Å². The van der Waals surface area contributed by atoms with Crippen molar-refractivity contribution >= 4 is 0 Å². The molecule has 0 fully saturated rings. The lowest BCUT2D eigenvalue weighted by molar-refractivity contribution is -0.0477. The third-order valence-corrected chi connectivity index (χ3v) is 1.32. The Labute approximate surface area is 69.0 Å². The number of hydrogen-bond donors (Lipinski definition) is 0. The van der Waals surface area contributed by atoms with E-state index >= 15 is 0 Å². The van der Waals surface area contributed by atoms with Crippen LogP contribution < -0.4 is 0 Å². The number of alkyl halides is 2. The molecule has 0 aromatic rings. The molecular weight excluding hydrogens is 146 g/mol. The van der Waals surface area contributed by atoms with Crippen molar-refractivity contribution in [2.75, 3.05) is 0 Å². The molecule has 70 valence electrons. The SMILES string of the molecule is CCC.CCC(F)(F)C(C)C. The quantitative estimate of drug-likeness (QED) is 0.579. The predicted molar refractivity (Wildman–Crippen MR) is 46.0 cm³/mol. The lowest BCUT2D eigenvalue weighted by atomic mass is 10.0. The van der Waals surface area contributed by atoms with Crippen LogP contribution in [0.1, 0.15) is 47.5 Å². The van der Waals surface area contributed by atoms with Crippen LogP contribution in [0.4, 0.5) is 8.78 Å². The van der Waals surface area contributed by atoms with E-state index in [0.29, 0.717) is 0 Å². The Morgan fingerprint density at radius 2 is 1.36 bits per heavy atom. The lowest BCUT2D eigenvalue weighted by Gasteiger charge is -2.17. The van der Waals surface area contributed by atoms with E-state index in [1.54, 1.807) is 0 Å². The molecular formula is C9H20F2. The molecule has 0 saturated carbocycles. The summed E-state index contributed by atoms with van der Waals surface area (Å²) in [7, 11) is 0. The van der Waals surface area contributed by atoms with Crippen LogP contribution in [0.2, 0.25) is 0 Å². The van der Waals surface area contributed by atoms with Gasteiger partial charge in [0.25, 0.3) is 0 Å². The van der Waals surface area contributed by atoms with Gasteiger partial charge < -0.3 is 0 Å². The molecule has 0 aliphatic carbocycles. The summed E-state index contributed by atoms with van der Waals surface area (Å²) in [5.74, 6) is -2.98. The average Bonchev–Trinajstić information content (AvgIpc) is 1.89. The Balaban J connectivity index is 0. The van der Waals surface area contributed by atoms with Crippen molar-refractivity contribution in [2.24, 2.45) is 5.92 Å². The molecule has 2 heteroatoms. The standard InChI is InChI=1S/C6H12F2.C3H8/c1-4-6(7,8)5(2)3;1-3-2/h5H,4H2,1-3H3;3H2,1-2H3. The summed E-state index contributed by atoms with van der Waals surface area (Å²) in [5, 5.41) is 0. The number of hydrogen-bond acceptors (Lipinski definition) is 0. The first-order valence-corrected chi connectivity index (χ1v) is 4.30. The maximum atomic E-state index is 12.3. The monoisotopic (exact) mass is 166 g/mol. The molecule has 0 aromatic heterocycles. The zero-order valence-electron chi connectivity index (χ0n) is 8.25. The van der Waals surface area contributed by atoms with E-state index in [1.165, 1.54) is 27.2 Å². The zero-order chi connectivity index (χ0) is 9.49. The van der Waals surface area contributed by atoms with Gasteiger partial charge in [0.2, 0.25) is 5.92 Å². The van der Waals surface area contributed by atoms with Crippen molar-refractivity contribution in [1.29, 1.82) is 0 Å². The fourth-order valence-corrected chi connectivity index (χ4v) is 0.408. The molecule has 0 nitrogen and oxygen atoms in total. The van der Waals surface area contributed by atoms with Crippen molar-refractivity contribution in [2.45, 2.75) is 53.4 Å². The molecule has 0 radical (unpaired) electrons. The van der Waals surface area contributed by atoms with Gasteiger partial charge in [-0.3, -0.25) is 0 Å². The van der Waals surface area contributed by atoms with Crippen LogP contribution >= 0.6 is 0 Å². The van der Waals surface area contributed by atoms with E-state index in [2.05, 4.69) is 13.8 Å². The number of rotatable bonds is 2. The summed E-state index contributed by atoms with van der Waals surface area (Å²) in [6.45, 7) is 8.81. The molecule has 0 N–H and O–H groups in total. The zero-order valence-corrected chi connectivity index (χ0v) is 8.25. The Morgan fingerprint density at radius 1 is 1.09 bits per heavy atom. The second-order valence-electron chi connectivity index (χ2n) is 2.98. The molecule has 0 amide bonds. The molecule has 11 heavy (non-hydrogen) atoms. The largest absolute Gasteiger partial charge is 0.250 e. The third-order valence-electron chi connectivity index (χ3n) is 1.32. The van der Waals surface area contributed by atoms with E-state index in [0.717, 1.165) is 0 Å². The highest BCUT2D eigenvalue weighted by molar-refractivity contribution is 4.66.